The first-order chi connectivity index (χ1) is 20.4. The summed E-state index contributed by atoms with van der Waals surface area (Å²) in [5.41, 5.74) is 1.54. The fraction of sp³-hybridized carbons (Fsp3) is 0.788. The minimum atomic E-state index is -0.918. The van der Waals surface area contributed by atoms with E-state index in [1.54, 1.807) is 0 Å². The highest BCUT2D eigenvalue weighted by atomic mass is 16.7. The van der Waals surface area contributed by atoms with Gasteiger partial charge >= 0.3 is 23.9 Å². The number of ether oxygens (including phenoxy) is 5. The molecule has 0 aromatic rings. The van der Waals surface area contributed by atoms with Gasteiger partial charge < -0.3 is 23.7 Å². The third-order valence-electron chi connectivity index (χ3n) is 10.6. The van der Waals surface area contributed by atoms with E-state index in [1.165, 1.54) is 25.8 Å². The molecule has 10 nitrogen and oxygen atoms in total. The molecule has 240 valence electrons. The van der Waals surface area contributed by atoms with Crippen molar-refractivity contribution in [2.75, 3.05) is 20.0 Å². The van der Waals surface area contributed by atoms with Crippen LogP contribution in [0.5, 0.6) is 0 Å². The highest BCUT2D eigenvalue weighted by Crippen LogP contribution is 2.62. The summed E-state index contributed by atoms with van der Waals surface area (Å²) < 4.78 is 26.6. The zero-order valence-electron chi connectivity index (χ0n) is 26.2. The minimum absolute atomic E-state index is 0.0300. The van der Waals surface area contributed by atoms with Crippen LogP contribution in [0.25, 0.3) is 0 Å². The van der Waals surface area contributed by atoms with Crippen LogP contribution in [0.15, 0.2) is 11.6 Å². The molecule has 6 atom stereocenters. The van der Waals surface area contributed by atoms with Gasteiger partial charge in [0, 0.05) is 33.1 Å². The van der Waals surface area contributed by atoms with E-state index in [0.717, 1.165) is 44.9 Å². The molecule has 0 spiro atoms. The van der Waals surface area contributed by atoms with E-state index in [4.69, 9.17) is 23.7 Å². The number of esters is 4. The second kappa shape index (κ2) is 14.4. The molecule has 0 aromatic carbocycles. The van der Waals surface area contributed by atoms with Crippen LogP contribution in [0.1, 0.15) is 105 Å². The average Bonchev–Trinajstić information content (AvgIpc) is 3.09. The lowest BCUT2D eigenvalue weighted by Gasteiger charge is -2.42. The zero-order valence-corrected chi connectivity index (χ0v) is 26.2. The first kappa shape index (κ1) is 33.1. The second-order valence-electron chi connectivity index (χ2n) is 13.4. The SMILES string of the molecule is CC(=O)OCC(COC(C)=O)OC(=O)CCCC(=O)OCO[C@H]1CC[C@H]2[C@@H]3CCC4=CC(=O)CC[C@]4(C)[C@@H](CC[C@]12C)C3. The van der Waals surface area contributed by atoms with Crippen molar-refractivity contribution in [2.45, 2.75) is 117 Å². The Balaban J connectivity index is 1.21. The lowest BCUT2D eigenvalue weighted by atomic mass is 9.63. The maximum absolute atomic E-state index is 12.4. The summed E-state index contributed by atoms with van der Waals surface area (Å²) in [7, 11) is 0. The molecule has 4 aliphatic carbocycles. The summed E-state index contributed by atoms with van der Waals surface area (Å²) in [6, 6.07) is 0. The van der Waals surface area contributed by atoms with E-state index >= 15 is 0 Å². The van der Waals surface area contributed by atoms with Gasteiger partial charge in [0.2, 0.25) is 0 Å². The third-order valence-corrected chi connectivity index (χ3v) is 10.6. The predicted molar refractivity (Wildman–Crippen MR) is 154 cm³/mol. The van der Waals surface area contributed by atoms with Crippen LogP contribution in [-0.4, -0.2) is 61.9 Å². The third kappa shape index (κ3) is 8.25. The molecule has 0 saturated heterocycles. The van der Waals surface area contributed by atoms with Gasteiger partial charge in [-0.2, -0.15) is 0 Å². The van der Waals surface area contributed by atoms with Gasteiger partial charge in [-0.1, -0.05) is 19.4 Å². The highest BCUT2D eigenvalue weighted by Gasteiger charge is 2.55. The molecule has 0 N–H and O–H groups in total. The van der Waals surface area contributed by atoms with Crippen LogP contribution in [0, 0.1) is 28.6 Å². The number of ketones is 1. The summed E-state index contributed by atoms with van der Waals surface area (Å²) >= 11 is 0. The van der Waals surface area contributed by atoms with E-state index in [2.05, 4.69) is 13.8 Å². The van der Waals surface area contributed by atoms with Crippen molar-refractivity contribution < 1.29 is 47.7 Å². The average molecular weight is 605 g/mol. The second-order valence-corrected chi connectivity index (χ2v) is 13.4. The van der Waals surface area contributed by atoms with Crippen molar-refractivity contribution >= 4 is 29.7 Å². The van der Waals surface area contributed by atoms with E-state index in [0.29, 0.717) is 24.2 Å². The summed E-state index contributed by atoms with van der Waals surface area (Å²) in [5.74, 6) is -0.0695. The number of carbonyl (C=O) groups is 5. The Labute approximate surface area is 254 Å². The summed E-state index contributed by atoms with van der Waals surface area (Å²) in [6.45, 7) is 6.64. The lowest BCUT2D eigenvalue weighted by Crippen LogP contribution is -2.37. The maximum atomic E-state index is 12.4. The normalized spacial score (nSPS) is 31.6. The first-order valence-corrected chi connectivity index (χ1v) is 15.9. The number of hydrogen-bond donors (Lipinski definition) is 0. The summed E-state index contributed by atoms with van der Waals surface area (Å²) in [5, 5.41) is 0. The lowest BCUT2D eigenvalue weighted by molar-refractivity contribution is -0.169. The van der Waals surface area contributed by atoms with Crippen molar-refractivity contribution in [3.63, 3.8) is 0 Å². The number of rotatable bonds is 12. The minimum Gasteiger partial charge on any atom is -0.462 e. The topological polar surface area (TPSA) is 132 Å². The molecule has 0 unspecified atom stereocenters. The zero-order chi connectivity index (χ0) is 31.2. The number of hydrogen-bond acceptors (Lipinski definition) is 10. The molecule has 0 aliphatic heterocycles. The molecule has 0 heterocycles. The fourth-order valence-electron chi connectivity index (χ4n) is 8.21. The molecule has 10 heteroatoms. The van der Waals surface area contributed by atoms with E-state index in [9.17, 15) is 24.0 Å². The number of carbonyl (C=O) groups excluding carboxylic acids is 5. The van der Waals surface area contributed by atoms with Crippen molar-refractivity contribution in [3.8, 4) is 0 Å². The highest BCUT2D eigenvalue weighted by molar-refractivity contribution is 5.91. The molecule has 2 bridgehead atoms. The Morgan fingerprint density at radius 2 is 1.58 bits per heavy atom. The molecule has 43 heavy (non-hydrogen) atoms. The van der Waals surface area contributed by atoms with Gasteiger partial charge in [0.05, 0.1) is 6.10 Å². The molecule has 0 radical (unpaired) electrons. The smallest absolute Gasteiger partial charge is 0.307 e. The standard InChI is InChI=1S/C33H48O10/c1-21(34)39-18-27(19-40-22(2)35)43-31(38)7-5-6-30(37)42-20-41-29-11-10-28-23-8-9-24-17-26(36)13-15-32(24,3)25(16-23)12-14-33(28,29)4/h17,23,25,27-29H,5-16,18-20H2,1-4H3/t23-,25+,28+,29+,32+,33+/m1/s1. The van der Waals surface area contributed by atoms with Gasteiger partial charge in [-0.25, -0.2) is 0 Å². The van der Waals surface area contributed by atoms with Gasteiger partial charge in [-0.3, -0.25) is 24.0 Å². The van der Waals surface area contributed by atoms with Crippen molar-refractivity contribution in [1.82, 2.24) is 0 Å². The molecule has 0 amide bonds. The van der Waals surface area contributed by atoms with Gasteiger partial charge in [0.25, 0.3) is 0 Å². The summed E-state index contributed by atoms with van der Waals surface area (Å²) in [6.07, 6.45) is 10.5. The van der Waals surface area contributed by atoms with Crippen molar-refractivity contribution in [3.05, 3.63) is 11.6 Å². The number of allylic oxidation sites excluding steroid dienone is 2. The molecule has 3 saturated carbocycles. The van der Waals surface area contributed by atoms with Crippen LogP contribution < -0.4 is 0 Å². The largest absolute Gasteiger partial charge is 0.462 e. The molecule has 4 aliphatic rings. The Hall–Kier alpha value is -2.75. The van der Waals surface area contributed by atoms with Crippen LogP contribution >= 0.6 is 0 Å². The van der Waals surface area contributed by atoms with Gasteiger partial charge in [-0.15, -0.1) is 0 Å². The Kier molecular flexibility index (Phi) is 11.1. The van der Waals surface area contributed by atoms with Crippen molar-refractivity contribution in [1.29, 1.82) is 0 Å². The van der Waals surface area contributed by atoms with Crippen LogP contribution in [0.4, 0.5) is 0 Å². The number of fused-ring (bicyclic) bond motifs is 6. The quantitative estimate of drug-likeness (QED) is 0.170. The Bertz CT molecular complexity index is 1080. The van der Waals surface area contributed by atoms with E-state index in [1.807, 2.05) is 6.08 Å². The molecule has 3 fully saturated rings. The first-order valence-electron chi connectivity index (χ1n) is 15.9. The van der Waals surface area contributed by atoms with E-state index in [-0.39, 0.29) is 62.0 Å². The Morgan fingerprint density at radius 3 is 2.28 bits per heavy atom. The van der Waals surface area contributed by atoms with Crippen LogP contribution in [0.2, 0.25) is 0 Å². The maximum Gasteiger partial charge on any atom is 0.307 e. The van der Waals surface area contributed by atoms with Crippen LogP contribution in [0.3, 0.4) is 0 Å². The fourth-order valence-corrected chi connectivity index (χ4v) is 8.21. The predicted octanol–water partition coefficient (Wildman–Crippen LogP) is 5.00. The van der Waals surface area contributed by atoms with Gasteiger partial charge in [0.1, 0.15) is 13.2 Å². The van der Waals surface area contributed by atoms with Gasteiger partial charge in [-0.05, 0) is 92.4 Å². The Morgan fingerprint density at radius 1 is 0.884 bits per heavy atom. The van der Waals surface area contributed by atoms with Gasteiger partial charge in [0.15, 0.2) is 18.7 Å². The summed E-state index contributed by atoms with van der Waals surface area (Å²) in [4.78, 5) is 58.9. The van der Waals surface area contributed by atoms with E-state index < -0.39 is 30.0 Å². The monoisotopic (exact) mass is 604 g/mol. The molecule has 4 rings (SSSR count). The van der Waals surface area contributed by atoms with Crippen LogP contribution in [-0.2, 0) is 47.7 Å². The van der Waals surface area contributed by atoms with Crippen molar-refractivity contribution in [2.24, 2.45) is 28.6 Å². The molecule has 0 aromatic heterocycles. The molecular weight excluding hydrogens is 556 g/mol. The molecular formula is C33H48O10.